The zero-order chi connectivity index (χ0) is 26.5. The summed E-state index contributed by atoms with van der Waals surface area (Å²) in [7, 11) is 6.58. The Morgan fingerprint density at radius 1 is 0.632 bits per heavy atom. The lowest BCUT2D eigenvalue weighted by Crippen LogP contribution is -2.25. The summed E-state index contributed by atoms with van der Waals surface area (Å²) in [5.41, 5.74) is 3.72. The second kappa shape index (κ2) is 11.0. The smallest absolute Gasteiger partial charge is 0.236 e. The average molecular weight is 509 g/mol. The zero-order valence-corrected chi connectivity index (χ0v) is 21.6. The molecule has 0 spiro atoms. The Bertz CT molecular complexity index is 1610. The van der Waals surface area contributed by atoms with E-state index in [4.69, 9.17) is 28.9 Å². The number of methoxy groups -OCH3 is 4. The molecule has 38 heavy (non-hydrogen) atoms. The van der Waals surface area contributed by atoms with Crippen LogP contribution < -0.4 is 29.9 Å². The van der Waals surface area contributed by atoms with E-state index in [1.165, 1.54) is 0 Å². The molecule has 0 atom stereocenters. The van der Waals surface area contributed by atoms with Crippen LogP contribution in [0.3, 0.4) is 0 Å². The van der Waals surface area contributed by atoms with Gasteiger partial charge in [-0.15, -0.1) is 0 Å². The molecule has 8 heteroatoms. The van der Waals surface area contributed by atoms with Crippen LogP contribution in [0.25, 0.3) is 16.6 Å². The first-order valence-corrected chi connectivity index (χ1v) is 12.0. The number of anilines is 2. The summed E-state index contributed by atoms with van der Waals surface area (Å²) >= 11 is 0. The van der Waals surface area contributed by atoms with Crippen molar-refractivity contribution >= 4 is 28.1 Å². The monoisotopic (exact) mass is 508 g/mol. The molecule has 0 saturated heterocycles. The quantitative estimate of drug-likeness (QED) is 0.276. The Labute approximate surface area is 220 Å². The van der Waals surface area contributed by atoms with Gasteiger partial charge in [-0.1, -0.05) is 0 Å². The molecule has 1 heterocycles. The van der Waals surface area contributed by atoms with Crippen molar-refractivity contribution in [2.24, 2.45) is 4.99 Å². The van der Waals surface area contributed by atoms with Crippen LogP contribution in [0.15, 0.2) is 96.0 Å². The van der Waals surface area contributed by atoms with E-state index in [0.29, 0.717) is 5.62 Å². The number of fused-ring (bicyclic) bond motifs is 1. The van der Waals surface area contributed by atoms with Crippen LogP contribution in [0, 0.1) is 0 Å². The van der Waals surface area contributed by atoms with Gasteiger partial charge in [0.2, 0.25) is 5.62 Å². The van der Waals surface area contributed by atoms with Crippen LogP contribution in [-0.2, 0) is 0 Å². The SMILES string of the molecule is COc1ccc(N=c2nc3ccc(OC)cc3c(Nc3ccc(OC)cc3)n2-c2ccc(OC)cc2)cc1. The molecule has 0 aliphatic heterocycles. The van der Waals surface area contributed by atoms with Gasteiger partial charge >= 0.3 is 0 Å². The first kappa shape index (κ1) is 24.7. The van der Waals surface area contributed by atoms with Gasteiger partial charge in [-0.25, -0.2) is 9.98 Å². The topological polar surface area (TPSA) is 79.1 Å². The van der Waals surface area contributed by atoms with Crippen molar-refractivity contribution < 1.29 is 18.9 Å². The molecule has 0 unspecified atom stereocenters. The molecule has 0 saturated carbocycles. The van der Waals surface area contributed by atoms with Crippen molar-refractivity contribution in [2.75, 3.05) is 33.8 Å². The second-order valence-electron chi connectivity index (χ2n) is 8.34. The minimum absolute atomic E-state index is 0.494. The molecule has 1 N–H and O–H groups in total. The number of ether oxygens (including phenoxy) is 4. The number of nitrogens with one attached hydrogen (secondary N) is 1. The Balaban J connectivity index is 1.81. The van der Waals surface area contributed by atoms with E-state index in [0.717, 1.165) is 56.8 Å². The fourth-order valence-corrected chi connectivity index (χ4v) is 4.06. The summed E-state index contributed by atoms with van der Waals surface area (Å²) in [4.78, 5) is 9.89. The van der Waals surface area contributed by atoms with Gasteiger partial charge < -0.3 is 24.3 Å². The Kier molecular flexibility index (Phi) is 7.13. The third kappa shape index (κ3) is 5.10. The summed E-state index contributed by atoms with van der Waals surface area (Å²) in [5.74, 6) is 3.78. The molecule has 0 aliphatic carbocycles. The molecule has 1 aromatic heterocycles. The highest BCUT2D eigenvalue weighted by molar-refractivity contribution is 5.92. The van der Waals surface area contributed by atoms with Gasteiger partial charge in [0.25, 0.3) is 0 Å². The molecule has 192 valence electrons. The second-order valence-corrected chi connectivity index (χ2v) is 8.34. The van der Waals surface area contributed by atoms with Crippen molar-refractivity contribution in [1.29, 1.82) is 0 Å². The van der Waals surface area contributed by atoms with Crippen LogP contribution >= 0.6 is 0 Å². The first-order valence-electron chi connectivity index (χ1n) is 12.0. The summed E-state index contributed by atoms with van der Waals surface area (Å²) in [6.07, 6.45) is 0. The normalized spacial score (nSPS) is 11.3. The fourth-order valence-electron chi connectivity index (χ4n) is 4.06. The minimum Gasteiger partial charge on any atom is -0.497 e. The lowest BCUT2D eigenvalue weighted by atomic mass is 10.2. The molecule has 0 radical (unpaired) electrons. The highest BCUT2D eigenvalue weighted by atomic mass is 16.5. The van der Waals surface area contributed by atoms with Gasteiger partial charge in [0.1, 0.15) is 28.8 Å². The third-order valence-electron chi connectivity index (χ3n) is 6.09. The van der Waals surface area contributed by atoms with Crippen molar-refractivity contribution in [1.82, 2.24) is 9.55 Å². The maximum absolute atomic E-state index is 5.55. The molecular formula is C30H28N4O4. The first-order chi connectivity index (χ1) is 18.6. The number of rotatable bonds is 8. The maximum Gasteiger partial charge on any atom is 0.236 e. The lowest BCUT2D eigenvalue weighted by Gasteiger charge is -2.19. The summed E-state index contributed by atoms with van der Waals surface area (Å²) in [6.45, 7) is 0. The number of aromatic nitrogens is 2. The number of benzene rings is 4. The van der Waals surface area contributed by atoms with Crippen molar-refractivity contribution in [3.63, 3.8) is 0 Å². The van der Waals surface area contributed by atoms with Gasteiger partial charge in [-0.2, -0.15) is 0 Å². The van der Waals surface area contributed by atoms with E-state index in [1.54, 1.807) is 28.4 Å². The van der Waals surface area contributed by atoms with Gasteiger partial charge in [0.05, 0.1) is 45.3 Å². The minimum atomic E-state index is 0.494. The summed E-state index contributed by atoms with van der Waals surface area (Å²) in [5, 5.41) is 4.46. The molecule has 8 nitrogen and oxygen atoms in total. The Morgan fingerprint density at radius 3 is 1.74 bits per heavy atom. The van der Waals surface area contributed by atoms with Crippen LogP contribution in [-0.4, -0.2) is 38.0 Å². The van der Waals surface area contributed by atoms with E-state index in [9.17, 15) is 0 Å². The van der Waals surface area contributed by atoms with Gasteiger partial charge in [-0.05, 0) is 91.0 Å². The van der Waals surface area contributed by atoms with Crippen molar-refractivity contribution in [3.05, 3.63) is 96.6 Å². The van der Waals surface area contributed by atoms with E-state index < -0.39 is 0 Å². The third-order valence-corrected chi connectivity index (χ3v) is 6.09. The molecule has 4 aromatic carbocycles. The predicted molar refractivity (Wildman–Crippen MR) is 149 cm³/mol. The van der Waals surface area contributed by atoms with E-state index >= 15 is 0 Å². The lowest BCUT2D eigenvalue weighted by molar-refractivity contribution is 0.414. The van der Waals surface area contributed by atoms with Gasteiger partial charge in [0, 0.05) is 11.1 Å². The molecule has 0 bridgehead atoms. The number of hydrogen-bond acceptors (Lipinski definition) is 7. The summed E-state index contributed by atoms with van der Waals surface area (Å²) in [6, 6.07) is 28.8. The van der Waals surface area contributed by atoms with Gasteiger partial charge in [0.15, 0.2) is 0 Å². The van der Waals surface area contributed by atoms with Crippen molar-refractivity contribution in [3.8, 4) is 28.7 Å². The molecule has 0 fully saturated rings. The Hall–Kier alpha value is -4.98. The largest absolute Gasteiger partial charge is 0.497 e. The van der Waals surface area contributed by atoms with Crippen LogP contribution in [0.4, 0.5) is 17.2 Å². The number of nitrogens with zero attached hydrogens (tertiary/aromatic N) is 3. The Morgan fingerprint density at radius 2 is 1.16 bits per heavy atom. The highest BCUT2D eigenvalue weighted by Gasteiger charge is 2.15. The van der Waals surface area contributed by atoms with Crippen LogP contribution in [0.2, 0.25) is 0 Å². The molecule has 5 rings (SSSR count). The summed E-state index contributed by atoms with van der Waals surface area (Å²) < 4.78 is 23.6. The van der Waals surface area contributed by atoms with Crippen LogP contribution in [0.5, 0.6) is 23.0 Å². The maximum atomic E-state index is 5.55. The van der Waals surface area contributed by atoms with E-state index in [2.05, 4.69) is 5.32 Å². The molecule has 0 amide bonds. The van der Waals surface area contributed by atoms with Crippen LogP contribution in [0.1, 0.15) is 0 Å². The van der Waals surface area contributed by atoms with E-state index in [1.807, 2.05) is 95.6 Å². The molecular weight excluding hydrogens is 480 g/mol. The predicted octanol–water partition coefficient (Wildman–Crippen LogP) is 6.04. The fraction of sp³-hybridized carbons (Fsp3) is 0.133. The average Bonchev–Trinajstić information content (AvgIpc) is 2.98. The van der Waals surface area contributed by atoms with Gasteiger partial charge in [-0.3, -0.25) is 4.57 Å². The highest BCUT2D eigenvalue weighted by Crippen LogP contribution is 2.31. The molecule has 5 aromatic rings. The zero-order valence-electron chi connectivity index (χ0n) is 21.6. The number of hydrogen-bond donors (Lipinski definition) is 1. The standard InChI is InChI=1S/C30H28N4O4/c1-35-23-11-5-20(6-12-23)31-29-27-19-26(38-4)17-18-28(27)33-30(32-21-7-13-24(36-2)14-8-21)34(29)22-9-15-25(37-3)16-10-22/h5-19,31H,1-4H3. The molecule has 0 aliphatic rings. The van der Waals surface area contributed by atoms with E-state index in [-0.39, 0.29) is 0 Å². The van der Waals surface area contributed by atoms with Crippen molar-refractivity contribution in [2.45, 2.75) is 0 Å².